The minimum absolute atomic E-state index is 0.120. The summed E-state index contributed by atoms with van der Waals surface area (Å²) in [7, 11) is 0. The van der Waals surface area contributed by atoms with E-state index in [1.54, 1.807) is 6.20 Å². The van der Waals surface area contributed by atoms with E-state index in [0.717, 1.165) is 30.8 Å². The second kappa shape index (κ2) is 9.17. The molecule has 0 aliphatic rings. The van der Waals surface area contributed by atoms with Crippen LogP contribution in [0.25, 0.3) is 0 Å². The van der Waals surface area contributed by atoms with Gasteiger partial charge in [-0.1, -0.05) is 6.92 Å². The Kier molecular flexibility index (Phi) is 6.95. The summed E-state index contributed by atoms with van der Waals surface area (Å²) in [5.41, 5.74) is 3.65. The molecule has 1 heterocycles. The maximum absolute atomic E-state index is 12.1. The van der Waals surface area contributed by atoms with Crippen LogP contribution >= 0.6 is 0 Å². The van der Waals surface area contributed by atoms with Gasteiger partial charge in [0.15, 0.2) is 0 Å². The van der Waals surface area contributed by atoms with Crippen LogP contribution in [0.4, 0.5) is 17.2 Å². The van der Waals surface area contributed by atoms with Crippen molar-refractivity contribution >= 4 is 23.1 Å². The average Bonchev–Trinajstić information content (AvgIpc) is 2.65. The van der Waals surface area contributed by atoms with E-state index in [9.17, 15) is 4.79 Å². The van der Waals surface area contributed by atoms with Crippen molar-refractivity contribution < 1.29 is 4.79 Å². The van der Waals surface area contributed by atoms with E-state index in [1.807, 2.05) is 19.9 Å². The SMILES string of the molecule is CCC(C)NC(=O)c1cnc(Nc2ccc(N(CC)CC)cc2C)cn1. The van der Waals surface area contributed by atoms with Gasteiger partial charge in [-0.05, 0) is 57.9 Å². The van der Waals surface area contributed by atoms with Gasteiger partial charge in [-0.2, -0.15) is 0 Å². The molecule has 0 radical (unpaired) electrons. The molecule has 2 rings (SSSR count). The lowest BCUT2D eigenvalue weighted by Gasteiger charge is -2.22. The van der Waals surface area contributed by atoms with Crippen LogP contribution in [-0.2, 0) is 0 Å². The number of nitrogens with one attached hydrogen (secondary N) is 2. The van der Waals surface area contributed by atoms with Gasteiger partial charge in [0.05, 0.1) is 12.4 Å². The first kappa shape index (κ1) is 19.7. The zero-order valence-corrected chi connectivity index (χ0v) is 16.3. The molecular weight excluding hydrogens is 326 g/mol. The highest BCUT2D eigenvalue weighted by molar-refractivity contribution is 5.92. The van der Waals surface area contributed by atoms with Gasteiger partial charge in [0.25, 0.3) is 5.91 Å². The Morgan fingerprint density at radius 2 is 1.88 bits per heavy atom. The fourth-order valence-corrected chi connectivity index (χ4v) is 2.62. The number of benzene rings is 1. The topological polar surface area (TPSA) is 70.2 Å². The van der Waals surface area contributed by atoms with Crippen LogP contribution in [0.5, 0.6) is 0 Å². The molecule has 1 unspecified atom stereocenters. The van der Waals surface area contributed by atoms with Gasteiger partial charge >= 0.3 is 0 Å². The Bertz CT molecular complexity index is 725. The molecule has 0 aliphatic carbocycles. The van der Waals surface area contributed by atoms with Crippen LogP contribution in [0, 0.1) is 6.92 Å². The second-order valence-corrected chi connectivity index (χ2v) is 6.37. The van der Waals surface area contributed by atoms with Crippen molar-refractivity contribution in [3.05, 3.63) is 41.9 Å². The lowest BCUT2D eigenvalue weighted by molar-refractivity contribution is 0.0934. The van der Waals surface area contributed by atoms with E-state index in [2.05, 4.69) is 58.4 Å². The molecule has 140 valence electrons. The molecule has 1 aromatic heterocycles. The van der Waals surface area contributed by atoms with Crippen molar-refractivity contribution in [3.63, 3.8) is 0 Å². The molecule has 0 spiro atoms. The van der Waals surface area contributed by atoms with Gasteiger partial charge in [0.2, 0.25) is 0 Å². The third-order valence-corrected chi connectivity index (χ3v) is 4.48. The standard InChI is InChI=1S/C20H29N5O/c1-6-15(5)23-20(26)18-12-22-19(13-21-18)24-17-10-9-16(11-14(17)4)25(7-2)8-3/h9-13,15H,6-8H2,1-5H3,(H,22,24)(H,23,26). The van der Waals surface area contributed by atoms with Crippen LogP contribution in [-0.4, -0.2) is 35.0 Å². The number of amides is 1. The molecule has 1 amide bonds. The highest BCUT2D eigenvalue weighted by Crippen LogP contribution is 2.24. The number of hydrogen-bond donors (Lipinski definition) is 2. The second-order valence-electron chi connectivity index (χ2n) is 6.37. The lowest BCUT2D eigenvalue weighted by Crippen LogP contribution is -2.32. The van der Waals surface area contributed by atoms with Crippen molar-refractivity contribution in [1.82, 2.24) is 15.3 Å². The fraction of sp³-hybridized carbons (Fsp3) is 0.450. The van der Waals surface area contributed by atoms with E-state index >= 15 is 0 Å². The van der Waals surface area contributed by atoms with Crippen molar-refractivity contribution in [2.75, 3.05) is 23.3 Å². The monoisotopic (exact) mass is 355 g/mol. The number of rotatable bonds is 8. The molecule has 6 nitrogen and oxygen atoms in total. The highest BCUT2D eigenvalue weighted by Gasteiger charge is 2.11. The summed E-state index contributed by atoms with van der Waals surface area (Å²) in [5, 5.41) is 6.15. The Morgan fingerprint density at radius 3 is 2.42 bits per heavy atom. The normalized spacial score (nSPS) is 11.7. The summed E-state index contributed by atoms with van der Waals surface area (Å²) >= 11 is 0. The minimum atomic E-state index is -0.196. The van der Waals surface area contributed by atoms with Crippen LogP contribution < -0.4 is 15.5 Å². The summed E-state index contributed by atoms with van der Waals surface area (Å²) in [6.45, 7) is 12.3. The van der Waals surface area contributed by atoms with Crippen LogP contribution in [0.3, 0.4) is 0 Å². The molecule has 0 saturated heterocycles. The molecular formula is C20H29N5O. The highest BCUT2D eigenvalue weighted by atomic mass is 16.1. The summed E-state index contributed by atoms with van der Waals surface area (Å²) in [6.07, 6.45) is 3.96. The van der Waals surface area contributed by atoms with Crippen molar-refractivity contribution in [2.45, 2.75) is 47.1 Å². The maximum atomic E-state index is 12.1. The van der Waals surface area contributed by atoms with Gasteiger partial charge < -0.3 is 15.5 Å². The molecule has 6 heteroatoms. The molecule has 2 N–H and O–H groups in total. The quantitative estimate of drug-likeness (QED) is 0.751. The van der Waals surface area contributed by atoms with Crippen molar-refractivity contribution in [2.24, 2.45) is 0 Å². The van der Waals surface area contributed by atoms with E-state index in [1.165, 1.54) is 11.9 Å². The summed E-state index contributed by atoms with van der Waals surface area (Å²) in [5.74, 6) is 0.418. The van der Waals surface area contributed by atoms with Crippen LogP contribution in [0.2, 0.25) is 0 Å². The number of anilines is 3. The van der Waals surface area contributed by atoms with E-state index < -0.39 is 0 Å². The number of nitrogens with zero attached hydrogens (tertiary/aromatic N) is 3. The first-order valence-corrected chi connectivity index (χ1v) is 9.23. The fourth-order valence-electron chi connectivity index (χ4n) is 2.62. The Morgan fingerprint density at radius 1 is 1.15 bits per heavy atom. The summed E-state index contributed by atoms with van der Waals surface area (Å²) in [6, 6.07) is 6.43. The van der Waals surface area contributed by atoms with Crippen molar-refractivity contribution in [3.8, 4) is 0 Å². The molecule has 0 bridgehead atoms. The van der Waals surface area contributed by atoms with Crippen LogP contribution in [0.15, 0.2) is 30.6 Å². The van der Waals surface area contributed by atoms with Crippen molar-refractivity contribution in [1.29, 1.82) is 0 Å². The first-order chi connectivity index (χ1) is 12.5. The number of aryl methyl sites for hydroxylation is 1. The van der Waals surface area contributed by atoms with E-state index in [4.69, 9.17) is 0 Å². The predicted molar refractivity (Wildman–Crippen MR) is 107 cm³/mol. The number of aromatic nitrogens is 2. The summed E-state index contributed by atoms with van der Waals surface area (Å²) in [4.78, 5) is 22.9. The van der Waals surface area contributed by atoms with Gasteiger partial charge in [-0.15, -0.1) is 0 Å². The third kappa shape index (κ3) is 4.94. The molecule has 2 aromatic rings. The van der Waals surface area contributed by atoms with E-state index in [0.29, 0.717) is 11.5 Å². The molecule has 1 aromatic carbocycles. The van der Waals surface area contributed by atoms with Gasteiger partial charge in [0, 0.05) is 30.5 Å². The van der Waals surface area contributed by atoms with Gasteiger partial charge in [-0.25, -0.2) is 9.97 Å². The molecule has 1 atom stereocenters. The van der Waals surface area contributed by atoms with Crippen LogP contribution in [0.1, 0.15) is 50.2 Å². The predicted octanol–water partition coefficient (Wildman–Crippen LogP) is 3.90. The Balaban J connectivity index is 2.08. The van der Waals surface area contributed by atoms with Gasteiger partial charge in [0.1, 0.15) is 11.5 Å². The number of hydrogen-bond acceptors (Lipinski definition) is 5. The number of carbonyl (C=O) groups excluding carboxylic acids is 1. The zero-order chi connectivity index (χ0) is 19.1. The minimum Gasteiger partial charge on any atom is -0.372 e. The molecule has 0 aliphatic heterocycles. The number of carbonyl (C=O) groups is 1. The molecule has 0 fully saturated rings. The van der Waals surface area contributed by atoms with Gasteiger partial charge in [-0.3, -0.25) is 4.79 Å². The largest absolute Gasteiger partial charge is 0.372 e. The molecule has 26 heavy (non-hydrogen) atoms. The first-order valence-electron chi connectivity index (χ1n) is 9.23. The average molecular weight is 355 g/mol. The summed E-state index contributed by atoms with van der Waals surface area (Å²) < 4.78 is 0. The Labute approximate surface area is 156 Å². The Hall–Kier alpha value is -2.63. The maximum Gasteiger partial charge on any atom is 0.271 e. The van der Waals surface area contributed by atoms with E-state index in [-0.39, 0.29) is 11.9 Å². The third-order valence-electron chi connectivity index (χ3n) is 4.48. The smallest absolute Gasteiger partial charge is 0.271 e. The zero-order valence-electron chi connectivity index (χ0n) is 16.3. The molecule has 0 saturated carbocycles. The lowest BCUT2D eigenvalue weighted by atomic mass is 10.1.